The molecule has 0 unspecified atom stereocenters. The van der Waals surface area contributed by atoms with E-state index in [1.54, 1.807) is 18.2 Å². The molecule has 0 spiro atoms. The van der Waals surface area contributed by atoms with Crippen molar-refractivity contribution in [3.63, 3.8) is 0 Å². The molecule has 0 bridgehead atoms. The topological polar surface area (TPSA) is 77.7 Å². The van der Waals surface area contributed by atoms with Crippen LogP contribution in [0.4, 0.5) is 0 Å². The van der Waals surface area contributed by atoms with Crippen LogP contribution in [-0.4, -0.2) is 30.0 Å². The van der Waals surface area contributed by atoms with Gasteiger partial charge in [-0.05, 0) is 24.3 Å². The molecule has 124 valence electrons. The van der Waals surface area contributed by atoms with Crippen LogP contribution in [0.15, 0.2) is 47.8 Å². The van der Waals surface area contributed by atoms with Gasteiger partial charge in [-0.15, -0.1) is 0 Å². The molecular formula is C15H10Cl2N2O4S. The van der Waals surface area contributed by atoms with Gasteiger partial charge in [-0.25, -0.2) is 18.2 Å². The SMILES string of the molecule is CS(=O)(=O)c1nc(C(=O)Oc2ccc(Cl)c(Cl)c2)c2ccccn12. The van der Waals surface area contributed by atoms with Crippen LogP contribution in [0.1, 0.15) is 10.5 Å². The molecule has 2 aromatic heterocycles. The lowest BCUT2D eigenvalue weighted by molar-refractivity contribution is 0.0731. The Balaban J connectivity index is 2.05. The Labute approximate surface area is 147 Å². The number of hydrogen-bond acceptors (Lipinski definition) is 5. The Morgan fingerprint density at radius 1 is 1.17 bits per heavy atom. The lowest BCUT2D eigenvalue weighted by Crippen LogP contribution is -2.10. The van der Waals surface area contributed by atoms with E-state index in [2.05, 4.69) is 4.98 Å². The second-order valence-corrected chi connectivity index (χ2v) is 7.66. The molecule has 3 rings (SSSR count). The Bertz CT molecular complexity index is 1060. The second-order valence-electron chi connectivity index (χ2n) is 4.94. The summed E-state index contributed by atoms with van der Waals surface area (Å²) in [6.45, 7) is 0. The standard InChI is InChI=1S/C15H10Cl2N2O4S/c1-24(21,22)15-18-13(12-4-2-3-7-19(12)15)14(20)23-9-5-6-10(16)11(17)8-9/h2-8H,1H3. The highest BCUT2D eigenvalue weighted by Gasteiger charge is 2.24. The average molecular weight is 385 g/mol. The first-order chi connectivity index (χ1) is 11.3. The predicted molar refractivity (Wildman–Crippen MR) is 89.7 cm³/mol. The zero-order valence-electron chi connectivity index (χ0n) is 12.2. The number of esters is 1. The van der Waals surface area contributed by atoms with Crippen LogP contribution >= 0.6 is 23.2 Å². The van der Waals surface area contributed by atoms with Gasteiger partial charge in [-0.3, -0.25) is 4.40 Å². The van der Waals surface area contributed by atoms with Crippen molar-refractivity contribution in [1.82, 2.24) is 9.38 Å². The number of pyridine rings is 1. The van der Waals surface area contributed by atoms with Gasteiger partial charge < -0.3 is 4.74 Å². The highest BCUT2D eigenvalue weighted by Crippen LogP contribution is 2.27. The van der Waals surface area contributed by atoms with Gasteiger partial charge in [0.1, 0.15) is 5.75 Å². The molecule has 0 N–H and O–H groups in total. The minimum absolute atomic E-state index is 0.109. The first kappa shape index (κ1) is 16.8. The van der Waals surface area contributed by atoms with Gasteiger partial charge >= 0.3 is 5.97 Å². The number of halogens is 2. The number of hydrogen-bond donors (Lipinski definition) is 0. The van der Waals surface area contributed by atoms with Crippen LogP contribution in [0.25, 0.3) is 5.52 Å². The number of carbonyl (C=O) groups excluding carboxylic acids is 1. The van der Waals surface area contributed by atoms with Crippen LogP contribution in [0, 0.1) is 0 Å². The molecule has 0 aliphatic rings. The largest absolute Gasteiger partial charge is 0.422 e. The number of imidazole rings is 1. The van der Waals surface area contributed by atoms with Gasteiger partial charge in [-0.1, -0.05) is 29.3 Å². The zero-order chi connectivity index (χ0) is 17.5. The van der Waals surface area contributed by atoms with Crippen LogP contribution in [0.3, 0.4) is 0 Å². The normalized spacial score (nSPS) is 11.6. The molecule has 3 aromatic rings. The van der Waals surface area contributed by atoms with Crippen LogP contribution < -0.4 is 4.74 Å². The van der Waals surface area contributed by atoms with Crippen LogP contribution in [0.5, 0.6) is 5.75 Å². The monoisotopic (exact) mass is 384 g/mol. The molecular weight excluding hydrogens is 375 g/mol. The summed E-state index contributed by atoms with van der Waals surface area (Å²) in [5.41, 5.74) is 0.213. The molecule has 0 amide bonds. The van der Waals surface area contributed by atoms with Crippen molar-refractivity contribution in [2.45, 2.75) is 5.16 Å². The maximum atomic E-state index is 12.4. The van der Waals surface area contributed by atoms with E-state index in [-0.39, 0.29) is 21.6 Å². The van der Waals surface area contributed by atoms with Gasteiger partial charge in [0.25, 0.3) is 0 Å². The van der Waals surface area contributed by atoms with E-state index in [1.165, 1.54) is 28.8 Å². The molecule has 0 fully saturated rings. The van der Waals surface area contributed by atoms with E-state index >= 15 is 0 Å². The van der Waals surface area contributed by atoms with Crippen molar-refractivity contribution in [3.8, 4) is 5.75 Å². The van der Waals surface area contributed by atoms with E-state index in [0.29, 0.717) is 10.5 Å². The summed E-state index contributed by atoms with van der Waals surface area (Å²) in [6.07, 6.45) is 2.53. The smallest absolute Gasteiger partial charge is 0.364 e. The number of nitrogens with zero attached hydrogens (tertiary/aromatic N) is 2. The molecule has 0 saturated carbocycles. The molecule has 1 aromatic carbocycles. The van der Waals surface area contributed by atoms with Crippen molar-refractivity contribution in [1.29, 1.82) is 0 Å². The number of fused-ring (bicyclic) bond motifs is 1. The highest BCUT2D eigenvalue weighted by molar-refractivity contribution is 7.90. The van der Waals surface area contributed by atoms with Gasteiger partial charge in [0.2, 0.25) is 15.0 Å². The van der Waals surface area contributed by atoms with E-state index < -0.39 is 15.8 Å². The first-order valence-corrected chi connectivity index (χ1v) is 9.26. The average Bonchev–Trinajstić information content (AvgIpc) is 2.91. The lowest BCUT2D eigenvalue weighted by atomic mass is 10.3. The maximum absolute atomic E-state index is 12.4. The minimum atomic E-state index is -3.62. The summed E-state index contributed by atoms with van der Waals surface area (Å²) in [5.74, 6) is -0.626. The highest BCUT2D eigenvalue weighted by atomic mass is 35.5. The van der Waals surface area contributed by atoms with Gasteiger partial charge in [0, 0.05) is 18.5 Å². The Kier molecular flexibility index (Phi) is 4.25. The predicted octanol–water partition coefficient (Wildman–Crippen LogP) is 3.26. The van der Waals surface area contributed by atoms with Gasteiger partial charge in [0.05, 0.1) is 15.6 Å². The molecule has 9 heteroatoms. The number of benzene rings is 1. The third-order valence-corrected chi connectivity index (χ3v) is 4.83. The van der Waals surface area contributed by atoms with Gasteiger partial charge in [0.15, 0.2) is 5.69 Å². The summed E-state index contributed by atoms with van der Waals surface area (Å²) in [4.78, 5) is 16.3. The third-order valence-electron chi connectivity index (χ3n) is 3.14. The van der Waals surface area contributed by atoms with E-state index in [9.17, 15) is 13.2 Å². The van der Waals surface area contributed by atoms with Crippen molar-refractivity contribution in [3.05, 3.63) is 58.3 Å². The summed E-state index contributed by atoms with van der Waals surface area (Å²) in [5, 5.41) is 0.316. The quantitative estimate of drug-likeness (QED) is 0.511. The second kappa shape index (κ2) is 6.08. The molecule has 0 atom stereocenters. The molecule has 0 aliphatic carbocycles. The van der Waals surface area contributed by atoms with E-state index in [4.69, 9.17) is 27.9 Å². The molecule has 24 heavy (non-hydrogen) atoms. The van der Waals surface area contributed by atoms with E-state index in [1.807, 2.05) is 0 Å². The molecule has 0 radical (unpaired) electrons. The molecule has 6 nitrogen and oxygen atoms in total. The Morgan fingerprint density at radius 3 is 2.58 bits per heavy atom. The van der Waals surface area contributed by atoms with Crippen molar-refractivity contribution >= 4 is 44.5 Å². The molecule has 0 saturated heterocycles. The number of carbonyl (C=O) groups is 1. The number of ether oxygens (including phenoxy) is 1. The number of rotatable bonds is 3. The minimum Gasteiger partial charge on any atom is -0.422 e. The fraction of sp³-hybridized carbons (Fsp3) is 0.0667. The first-order valence-electron chi connectivity index (χ1n) is 6.62. The summed E-state index contributed by atoms with van der Waals surface area (Å²) >= 11 is 11.7. The summed E-state index contributed by atoms with van der Waals surface area (Å²) in [6, 6.07) is 9.22. The van der Waals surface area contributed by atoms with Crippen molar-refractivity contribution in [2.24, 2.45) is 0 Å². The third kappa shape index (κ3) is 3.10. The van der Waals surface area contributed by atoms with Crippen LogP contribution in [0.2, 0.25) is 10.0 Å². The van der Waals surface area contributed by atoms with Gasteiger partial charge in [-0.2, -0.15) is 0 Å². The fourth-order valence-corrected chi connectivity index (χ4v) is 3.18. The molecule has 2 heterocycles. The van der Waals surface area contributed by atoms with E-state index in [0.717, 1.165) is 6.26 Å². The number of sulfone groups is 1. The van der Waals surface area contributed by atoms with Crippen molar-refractivity contribution in [2.75, 3.05) is 6.26 Å². The van der Waals surface area contributed by atoms with Crippen molar-refractivity contribution < 1.29 is 17.9 Å². The zero-order valence-corrected chi connectivity index (χ0v) is 14.6. The Morgan fingerprint density at radius 2 is 1.92 bits per heavy atom. The number of aromatic nitrogens is 2. The fourth-order valence-electron chi connectivity index (χ4n) is 2.12. The van der Waals surface area contributed by atoms with Crippen LogP contribution in [-0.2, 0) is 9.84 Å². The maximum Gasteiger partial charge on any atom is 0.364 e. The Hall–Kier alpha value is -2.09. The summed E-state index contributed by atoms with van der Waals surface area (Å²) in [7, 11) is -3.62. The lowest BCUT2D eigenvalue weighted by Gasteiger charge is -2.04. The summed E-state index contributed by atoms with van der Waals surface area (Å²) < 4.78 is 30.2. The molecule has 0 aliphatic heterocycles.